The number of aromatic nitrogens is 4. The lowest BCUT2D eigenvalue weighted by Crippen LogP contribution is -1.90. The van der Waals surface area contributed by atoms with Crippen molar-refractivity contribution in [3.63, 3.8) is 0 Å². The lowest BCUT2D eigenvalue weighted by Gasteiger charge is -2.01. The monoisotopic (exact) mass is 332 g/mol. The standard InChI is InChI=1S/C14H12N4S3/c1-7(2)3-8-4-10(19-6-8)12-13-11(20-18-16-13)5-9-14(12)21-17-15-9/h4-7H,3H2,1-2H3. The van der Waals surface area contributed by atoms with Gasteiger partial charge in [-0.05, 0) is 58.5 Å². The molecular weight excluding hydrogens is 320 g/mol. The number of thiophene rings is 1. The van der Waals surface area contributed by atoms with E-state index in [-0.39, 0.29) is 0 Å². The third kappa shape index (κ3) is 2.25. The summed E-state index contributed by atoms with van der Waals surface area (Å²) < 4.78 is 10.4. The molecule has 0 radical (unpaired) electrons. The van der Waals surface area contributed by atoms with Crippen molar-refractivity contribution in [2.75, 3.05) is 0 Å². The van der Waals surface area contributed by atoms with Crippen LogP contribution in [0.3, 0.4) is 0 Å². The van der Waals surface area contributed by atoms with Gasteiger partial charge in [-0.2, -0.15) is 0 Å². The summed E-state index contributed by atoms with van der Waals surface area (Å²) in [5.74, 6) is 0.661. The summed E-state index contributed by atoms with van der Waals surface area (Å²) in [6, 6.07) is 4.31. The Labute approximate surface area is 133 Å². The highest BCUT2D eigenvalue weighted by Gasteiger charge is 2.17. The number of nitrogens with zero attached hydrogens (tertiary/aromatic N) is 4. The number of hydrogen-bond acceptors (Lipinski definition) is 7. The minimum atomic E-state index is 0.661. The molecule has 4 nitrogen and oxygen atoms in total. The SMILES string of the molecule is CC(C)Cc1csc(-c2c3nnsc3cc3nnsc23)c1. The van der Waals surface area contributed by atoms with E-state index in [0.29, 0.717) is 5.92 Å². The highest BCUT2D eigenvalue weighted by atomic mass is 32.1. The van der Waals surface area contributed by atoms with Gasteiger partial charge < -0.3 is 0 Å². The van der Waals surface area contributed by atoms with Crippen molar-refractivity contribution in [2.45, 2.75) is 20.3 Å². The van der Waals surface area contributed by atoms with Gasteiger partial charge in [0.1, 0.15) is 11.0 Å². The molecule has 0 aliphatic rings. The fourth-order valence-corrected chi connectivity index (χ4v) is 4.83. The molecule has 0 saturated carbocycles. The second-order valence-corrected chi connectivity index (χ2v) is 7.86. The third-order valence-electron chi connectivity index (χ3n) is 3.30. The van der Waals surface area contributed by atoms with Gasteiger partial charge in [0.2, 0.25) is 0 Å². The maximum absolute atomic E-state index is 4.32. The molecule has 21 heavy (non-hydrogen) atoms. The minimum absolute atomic E-state index is 0.661. The van der Waals surface area contributed by atoms with Crippen LogP contribution < -0.4 is 0 Å². The number of rotatable bonds is 3. The topological polar surface area (TPSA) is 51.6 Å². The Morgan fingerprint density at radius 3 is 2.81 bits per heavy atom. The highest BCUT2D eigenvalue weighted by Crippen LogP contribution is 2.40. The van der Waals surface area contributed by atoms with Crippen LogP contribution in [0, 0.1) is 5.92 Å². The van der Waals surface area contributed by atoms with Crippen molar-refractivity contribution >= 4 is 54.8 Å². The molecule has 0 atom stereocenters. The Hall–Kier alpha value is -1.44. The van der Waals surface area contributed by atoms with Crippen LogP contribution in [0.4, 0.5) is 0 Å². The first kappa shape index (κ1) is 13.2. The van der Waals surface area contributed by atoms with Crippen molar-refractivity contribution < 1.29 is 0 Å². The molecule has 0 aliphatic carbocycles. The van der Waals surface area contributed by atoms with Gasteiger partial charge in [0.15, 0.2) is 0 Å². The van der Waals surface area contributed by atoms with Crippen molar-refractivity contribution in [1.82, 2.24) is 19.2 Å². The van der Waals surface area contributed by atoms with Crippen LogP contribution >= 0.6 is 34.4 Å². The molecule has 0 N–H and O–H groups in total. The van der Waals surface area contributed by atoms with E-state index in [0.717, 1.165) is 32.4 Å². The molecule has 4 rings (SSSR count). The van der Waals surface area contributed by atoms with E-state index in [1.165, 1.54) is 33.5 Å². The normalized spacial score (nSPS) is 12.0. The second-order valence-electron chi connectivity index (χ2n) is 5.41. The van der Waals surface area contributed by atoms with E-state index in [4.69, 9.17) is 0 Å². The van der Waals surface area contributed by atoms with Crippen LogP contribution in [-0.2, 0) is 6.42 Å². The largest absolute Gasteiger partial charge is 0.143 e. The molecule has 7 heteroatoms. The van der Waals surface area contributed by atoms with Crippen LogP contribution in [-0.4, -0.2) is 19.2 Å². The van der Waals surface area contributed by atoms with Gasteiger partial charge in [0, 0.05) is 10.4 Å². The van der Waals surface area contributed by atoms with Gasteiger partial charge in [0.05, 0.1) is 9.40 Å². The van der Waals surface area contributed by atoms with E-state index in [2.05, 4.69) is 44.5 Å². The molecular formula is C14H12N4S3. The quantitative estimate of drug-likeness (QED) is 0.549. The van der Waals surface area contributed by atoms with Gasteiger partial charge in [-0.15, -0.1) is 21.5 Å². The zero-order valence-electron chi connectivity index (χ0n) is 11.5. The molecule has 3 aromatic heterocycles. The number of benzene rings is 1. The summed E-state index contributed by atoms with van der Waals surface area (Å²) >= 11 is 4.61. The average molecular weight is 332 g/mol. The first-order valence-corrected chi connectivity index (χ1v) is 9.10. The van der Waals surface area contributed by atoms with Gasteiger partial charge >= 0.3 is 0 Å². The molecule has 0 amide bonds. The van der Waals surface area contributed by atoms with Gasteiger partial charge in [-0.1, -0.05) is 22.8 Å². The molecule has 0 aliphatic heterocycles. The molecule has 0 unspecified atom stereocenters. The fourth-order valence-electron chi connectivity index (χ4n) is 2.48. The highest BCUT2D eigenvalue weighted by molar-refractivity contribution is 7.17. The van der Waals surface area contributed by atoms with E-state index in [9.17, 15) is 0 Å². The predicted octanol–water partition coefficient (Wildman–Crippen LogP) is 4.62. The summed E-state index contributed by atoms with van der Waals surface area (Å²) in [6.07, 6.45) is 1.10. The second kappa shape index (κ2) is 5.08. The van der Waals surface area contributed by atoms with Crippen molar-refractivity contribution in [2.24, 2.45) is 5.92 Å². The maximum atomic E-state index is 4.32. The molecule has 0 bridgehead atoms. The van der Waals surface area contributed by atoms with Crippen molar-refractivity contribution in [1.29, 1.82) is 0 Å². The molecule has 4 aromatic rings. The Morgan fingerprint density at radius 2 is 1.95 bits per heavy atom. The Balaban J connectivity index is 1.96. The van der Waals surface area contributed by atoms with Crippen molar-refractivity contribution in [3.05, 3.63) is 23.1 Å². The van der Waals surface area contributed by atoms with Crippen LogP contribution in [0.25, 0.3) is 30.9 Å². The van der Waals surface area contributed by atoms with E-state index in [1.807, 2.05) is 6.07 Å². The Kier molecular flexibility index (Phi) is 3.20. The molecule has 0 fully saturated rings. The smallest absolute Gasteiger partial charge is 0.116 e. The predicted molar refractivity (Wildman–Crippen MR) is 90.2 cm³/mol. The Morgan fingerprint density at radius 1 is 1.10 bits per heavy atom. The third-order valence-corrected chi connectivity index (χ3v) is 5.73. The summed E-state index contributed by atoms with van der Waals surface area (Å²) in [6.45, 7) is 4.49. The van der Waals surface area contributed by atoms with E-state index < -0.39 is 0 Å². The van der Waals surface area contributed by atoms with Crippen LogP contribution in [0.1, 0.15) is 19.4 Å². The minimum Gasteiger partial charge on any atom is -0.143 e. The summed E-state index contributed by atoms with van der Waals surface area (Å²) in [4.78, 5) is 1.24. The lowest BCUT2D eigenvalue weighted by molar-refractivity contribution is 0.649. The molecule has 0 saturated heterocycles. The first-order chi connectivity index (χ1) is 10.2. The van der Waals surface area contributed by atoms with E-state index >= 15 is 0 Å². The van der Waals surface area contributed by atoms with E-state index in [1.54, 1.807) is 11.3 Å². The lowest BCUT2D eigenvalue weighted by atomic mass is 10.0. The van der Waals surface area contributed by atoms with Crippen molar-refractivity contribution in [3.8, 4) is 10.4 Å². The van der Waals surface area contributed by atoms with Crippen LogP contribution in [0.5, 0.6) is 0 Å². The van der Waals surface area contributed by atoms with Crippen LogP contribution in [0.15, 0.2) is 17.5 Å². The zero-order valence-corrected chi connectivity index (χ0v) is 14.0. The van der Waals surface area contributed by atoms with Gasteiger partial charge in [0.25, 0.3) is 0 Å². The molecule has 3 heterocycles. The fraction of sp³-hybridized carbons (Fsp3) is 0.286. The first-order valence-electron chi connectivity index (χ1n) is 6.67. The van der Waals surface area contributed by atoms with Gasteiger partial charge in [-0.3, -0.25) is 0 Å². The Bertz CT molecular complexity index is 870. The maximum Gasteiger partial charge on any atom is 0.116 e. The summed E-state index contributed by atoms with van der Waals surface area (Å²) in [7, 11) is 0. The molecule has 0 spiro atoms. The van der Waals surface area contributed by atoms with Gasteiger partial charge in [-0.25, -0.2) is 0 Å². The number of fused-ring (bicyclic) bond motifs is 2. The summed E-state index contributed by atoms with van der Waals surface area (Å²) in [5.41, 5.74) is 4.44. The zero-order chi connectivity index (χ0) is 14.4. The average Bonchev–Trinajstić information content (AvgIpc) is 3.13. The molecule has 1 aromatic carbocycles. The van der Waals surface area contributed by atoms with Crippen LogP contribution in [0.2, 0.25) is 0 Å². The summed E-state index contributed by atoms with van der Waals surface area (Å²) in [5, 5.41) is 10.8. The number of hydrogen-bond donors (Lipinski definition) is 0. The molecule has 106 valence electrons.